The molecule has 0 saturated carbocycles. The molecule has 0 aromatic heterocycles. The maximum Gasteiger partial charge on any atom is 0.271 e. The van der Waals surface area contributed by atoms with Gasteiger partial charge in [-0.25, -0.2) is 5.43 Å². The van der Waals surface area contributed by atoms with Crippen molar-refractivity contribution in [3.05, 3.63) is 92.4 Å². The van der Waals surface area contributed by atoms with Gasteiger partial charge in [0.2, 0.25) is 0 Å². The monoisotopic (exact) mass is 516 g/mol. The second-order valence-corrected chi connectivity index (χ2v) is 7.78. The molecular weight excluding hydrogens is 500 g/mol. The molecule has 0 radical (unpaired) electrons. The molecule has 7 heteroatoms. The predicted octanol–water partition coefficient (Wildman–Crippen LogP) is 5.56. The molecule has 0 bridgehead atoms. The molecule has 1 N–H and O–H groups in total. The van der Waals surface area contributed by atoms with E-state index < -0.39 is 0 Å². The van der Waals surface area contributed by atoms with Gasteiger partial charge in [-0.2, -0.15) is 5.10 Å². The molecule has 1 amide bonds. The van der Waals surface area contributed by atoms with Crippen LogP contribution in [0.5, 0.6) is 11.5 Å². The highest BCUT2D eigenvalue weighted by Crippen LogP contribution is 2.32. The molecule has 3 aromatic rings. The first kappa shape index (κ1) is 21.1. The van der Waals surface area contributed by atoms with E-state index in [-0.39, 0.29) is 5.91 Å². The highest BCUT2D eigenvalue weighted by Gasteiger charge is 2.10. The summed E-state index contributed by atoms with van der Waals surface area (Å²) >= 11 is 6.99. The van der Waals surface area contributed by atoms with Crippen molar-refractivity contribution in [2.75, 3.05) is 7.11 Å². The Labute approximate surface area is 186 Å². The minimum atomic E-state index is -0.315. The summed E-state index contributed by atoms with van der Waals surface area (Å²) in [5.41, 5.74) is 4.79. The molecule has 29 heavy (non-hydrogen) atoms. The van der Waals surface area contributed by atoms with Gasteiger partial charge in [0.1, 0.15) is 18.1 Å². The van der Waals surface area contributed by atoms with Gasteiger partial charge in [0.05, 0.1) is 17.8 Å². The fraction of sp³-hybridized carbons (Fsp3) is 0.0909. The standard InChI is InChI=1S/C22H18Br2N2O3/c1-28-19-9-7-16(8-10-19)22(27)26-25-13-17-11-18(23)12-20(24)21(17)29-14-15-5-3-2-4-6-15/h2-13H,14H2,1H3,(H,26,27)/b25-13-. The predicted molar refractivity (Wildman–Crippen MR) is 121 cm³/mol. The lowest BCUT2D eigenvalue weighted by molar-refractivity contribution is 0.0955. The Morgan fingerprint density at radius 3 is 2.48 bits per heavy atom. The van der Waals surface area contributed by atoms with Gasteiger partial charge < -0.3 is 9.47 Å². The molecular formula is C22H18Br2N2O3. The average Bonchev–Trinajstić information content (AvgIpc) is 2.73. The fourth-order valence-electron chi connectivity index (χ4n) is 2.53. The molecule has 0 unspecified atom stereocenters. The van der Waals surface area contributed by atoms with E-state index in [1.165, 1.54) is 0 Å². The topological polar surface area (TPSA) is 59.9 Å². The summed E-state index contributed by atoms with van der Waals surface area (Å²) in [6, 6.07) is 20.4. The van der Waals surface area contributed by atoms with E-state index in [4.69, 9.17) is 9.47 Å². The average molecular weight is 518 g/mol. The van der Waals surface area contributed by atoms with Crippen molar-refractivity contribution in [2.45, 2.75) is 6.61 Å². The fourth-order valence-corrected chi connectivity index (χ4v) is 3.90. The third-order valence-corrected chi connectivity index (χ3v) is 5.03. The van der Waals surface area contributed by atoms with E-state index in [1.54, 1.807) is 37.6 Å². The van der Waals surface area contributed by atoms with Crippen LogP contribution in [0.3, 0.4) is 0 Å². The van der Waals surface area contributed by atoms with Crippen molar-refractivity contribution in [1.82, 2.24) is 5.43 Å². The number of hydrazone groups is 1. The first-order valence-electron chi connectivity index (χ1n) is 8.70. The molecule has 0 aliphatic carbocycles. The van der Waals surface area contributed by atoms with Crippen LogP contribution >= 0.6 is 31.9 Å². The molecule has 5 nitrogen and oxygen atoms in total. The Balaban J connectivity index is 1.72. The van der Waals surface area contributed by atoms with Crippen LogP contribution in [0.4, 0.5) is 0 Å². The number of nitrogens with zero attached hydrogens (tertiary/aromatic N) is 1. The van der Waals surface area contributed by atoms with E-state index in [0.717, 1.165) is 20.1 Å². The summed E-state index contributed by atoms with van der Waals surface area (Å²) in [6.07, 6.45) is 1.55. The number of benzene rings is 3. The number of methoxy groups -OCH3 is 1. The zero-order valence-corrected chi connectivity index (χ0v) is 18.7. The van der Waals surface area contributed by atoms with Gasteiger partial charge in [0.25, 0.3) is 5.91 Å². The number of halogens is 2. The minimum absolute atomic E-state index is 0.315. The van der Waals surface area contributed by atoms with Crippen LogP contribution in [0.1, 0.15) is 21.5 Å². The molecule has 0 aliphatic heterocycles. The third-order valence-electron chi connectivity index (χ3n) is 3.99. The Kier molecular flexibility index (Phi) is 7.43. The van der Waals surface area contributed by atoms with Gasteiger partial charge in [-0.05, 0) is 57.9 Å². The number of rotatable bonds is 7. The maximum atomic E-state index is 12.2. The van der Waals surface area contributed by atoms with Crippen molar-refractivity contribution >= 4 is 44.0 Å². The molecule has 0 saturated heterocycles. The van der Waals surface area contributed by atoms with Crippen molar-refractivity contribution in [1.29, 1.82) is 0 Å². The molecule has 0 heterocycles. The van der Waals surface area contributed by atoms with Crippen LogP contribution in [0, 0.1) is 0 Å². The van der Waals surface area contributed by atoms with Crippen LogP contribution in [0.25, 0.3) is 0 Å². The Morgan fingerprint density at radius 1 is 1.07 bits per heavy atom. The largest absolute Gasteiger partial charge is 0.497 e. The highest BCUT2D eigenvalue weighted by molar-refractivity contribution is 9.11. The van der Waals surface area contributed by atoms with Gasteiger partial charge in [-0.1, -0.05) is 46.3 Å². The summed E-state index contributed by atoms with van der Waals surface area (Å²) in [7, 11) is 1.58. The zero-order chi connectivity index (χ0) is 20.6. The van der Waals surface area contributed by atoms with Crippen LogP contribution in [-0.4, -0.2) is 19.2 Å². The third kappa shape index (κ3) is 5.92. The second-order valence-electron chi connectivity index (χ2n) is 6.01. The van der Waals surface area contributed by atoms with Crippen LogP contribution in [0.15, 0.2) is 80.8 Å². The number of ether oxygens (including phenoxy) is 2. The normalized spacial score (nSPS) is 10.7. The van der Waals surface area contributed by atoms with E-state index >= 15 is 0 Å². The highest BCUT2D eigenvalue weighted by atomic mass is 79.9. The molecule has 148 valence electrons. The molecule has 3 aromatic carbocycles. The van der Waals surface area contributed by atoms with Crippen molar-refractivity contribution in [3.8, 4) is 11.5 Å². The molecule has 0 fully saturated rings. The second kappa shape index (κ2) is 10.2. The summed E-state index contributed by atoms with van der Waals surface area (Å²) in [4.78, 5) is 12.2. The van der Waals surface area contributed by atoms with Gasteiger partial charge in [-0.3, -0.25) is 4.79 Å². The quantitative estimate of drug-likeness (QED) is 0.329. The molecule has 0 aliphatic rings. The van der Waals surface area contributed by atoms with Crippen LogP contribution in [-0.2, 0) is 6.61 Å². The van der Waals surface area contributed by atoms with E-state index in [2.05, 4.69) is 42.4 Å². The van der Waals surface area contributed by atoms with Crippen molar-refractivity contribution in [2.24, 2.45) is 5.10 Å². The SMILES string of the molecule is COc1ccc(C(=O)N/N=C\c2cc(Br)cc(Br)c2OCc2ccccc2)cc1. The number of nitrogens with one attached hydrogen (secondary N) is 1. The first-order valence-corrected chi connectivity index (χ1v) is 10.3. The van der Waals surface area contributed by atoms with Gasteiger partial charge in [0.15, 0.2) is 0 Å². The van der Waals surface area contributed by atoms with E-state index in [9.17, 15) is 4.79 Å². The number of hydrogen-bond donors (Lipinski definition) is 1. The number of carbonyl (C=O) groups is 1. The molecule has 0 atom stereocenters. The Morgan fingerprint density at radius 2 is 1.79 bits per heavy atom. The lowest BCUT2D eigenvalue weighted by atomic mass is 10.2. The minimum Gasteiger partial charge on any atom is -0.497 e. The van der Waals surface area contributed by atoms with Gasteiger partial charge in [0, 0.05) is 15.6 Å². The van der Waals surface area contributed by atoms with E-state index in [0.29, 0.717) is 23.7 Å². The summed E-state index contributed by atoms with van der Waals surface area (Å²) in [6.45, 7) is 0.417. The van der Waals surface area contributed by atoms with Crippen molar-refractivity contribution in [3.63, 3.8) is 0 Å². The number of hydrogen-bond acceptors (Lipinski definition) is 4. The van der Waals surface area contributed by atoms with Crippen LogP contribution < -0.4 is 14.9 Å². The molecule has 0 spiro atoms. The van der Waals surface area contributed by atoms with Crippen LogP contribution in [0.2, 0.25) is 0 Å². The first-order chi connectivity index (χ1) is 14.1. The zero-order valence-electron chi connectivity index (χ0n) is 15.6. The molecule has 3 rings (SSSR count). The smallest absolute Gasteiger partial charge is 0.271 e. The van der Waals surface area contributed by atoms with Gasteiger partial charge >= 0.3 is 0 Å². The van der Waals surface area contributed by atoms with Crippen molar-refractivity contribution < 1.29 is 14.3 Å². The lowest BCUT2D eigenvalue weighted by Crippen LogP contribution is -2.17. The summed E-state index contributed by atoms with van der Waals surface area (Å²) < 4.78 is 12.7. The summed E-state index contributed by atoms with van der Waals surface area (Å²) in [5, 5.41) is 4.08. The summed E-state index contributed by atoms with van der Waals surface area (Å²) in [5.74, 6) is 1.01. The number of amides is 1. The lowest BCUT2D eigenvalue weighted by Gasteiger charge is -2.12. The Hall–Kier alpha value is -2.64. The Bertz CT molecular complexity index is 1010. The number of carbonyl (C=O) groups excluding carboxylic acids is 1. The maximum absolute atomic E-state index is 12.2. The van der Waals surface area contributed by atoms with E-state index in [1.807, 2.05) is 42.5 Å². The van der Waals surface area contributed by atoms with Gasteiger partial charge in [-0.15, -0.1) is 0 Å².